The fourth-order valence-electron chi connectivity index (χ4n) is 3.08. The molecule has 11 heteroatoms. The van der Waals surface area contributed by atoms with E-state index in [0.717, 1.165) is 15.3 Å². The second-order valence-corrected chi connectivity index (χ2v) is 8.98. The molecule has 0 spiro atoms. The van der Waals surface area contributed by atoms with Crippen LogP contribution >= 0.6 is 0 Å². The SMILES string of the molecule is CC(C)c1noc(C2CCN(S(=O)(=O)c3cn(C)c(=O)n(C)c3=O)CC2)n1. The molecule has 10 nitrogen and oxygen atoms in total. The highest BCUT2D eigenvalue weighted by atomic mass is 32.2. The van der Waals surface area contributed by atoms with Crippen molar-refractivity contribution in [2.24, 2.45) is 14.1 Å². The Labute approximate surface area is 156 Å². The normalized spacial score (nSPS) is 16.9. The van der Waals surface area contributed by atoms with Crippen molar-refractivity contribution in [3.8, 4) is 0 Å². The number of piperidine rings is 1. The van der Waals surface area contributed by atoms with E-state index in [2.05, 4.69) is 10.1 Å². The van der Waals surface area contributed by atoms with Crippen molar-refractivity contribution in [3.05, 3.63) is 38.8 Å². The van der Waals surface area contributed by atoms with E-state index in [1.165, 1.54) is 18.4 Å². The molecule has 0 aromatic carbocycles. The van der Waals surface area contributed by atoms with Crippen molar-refractivity contribution < 1.29 is 12.9 Å². The predicted molar refractivity (Wildman–Crippen MR) is 96.0 cm³/mol. The molecule has 0 saturated carbocycles. The molecular weight excluding hydrogens is 374 g/mol. The quantitative estimate of drug-likeness (QED) is 0.720. The van der Waals surface area contributed by atoms with Gasteiger partial charge in [-0.25, -0.2) is 13.2 Å². The maximum atomic E-state index is 12.9. The van der Waals surface area contributed by atoms with Crippen molar-refractivity contribution in [1.82, 2.24) is 23.6 Å². The van der Waals surface area contributed by atoms with E-state index in [1.54, 1.807) is 0 Å². The molecule has 0 atom stereocenters. The molecule has 2 aromatic rings. The third-order valence-electron chi connectivity index (χ3n) is 4.81. The average molecular weight is 397 g/mol. The summed E-state index contributed by atoms with van der Waals surface area (Å²) in [6.45, 7) is 4.41. The molecule has 1 aliphatic heterocycles. The van der Waals surface area contributed by atoms with Crippen LogP contribution in [0.3, 0.4) is 0 Å². The first-order chi connectivity index (χ1) is 12.6. The Kier molecular flexibility index (Phi) is 5.08. The van der Waals surface area contributed by atoms with Gasteiger partial charge in [0.1, 0.15) is 0 Å². The molecule has 1 saturated heterocycles. The molecule has 148 valence electrons. The average Bonchev–Trinajstić information content (AvgIpc) is 3.13. The van der Waals surface area contributed by atoms with Crippen LogP contribution in [0.4, 0.5) is 0 Å². The van der Waals surface area contributed by atoms with Crippen molar-refractivity contribution >= 4 is 10.0 Å². The number of hydrogen-bond acceptors (Lipinski definition) is 7. The zero-order valence-electron chi connectivity index (χ0n) is 15.7. The highest BCUT2D eigenvalue weighted by Crippen LogP contribution is 2.29. The minimum absolute atomic E-state index is 0.0144. The van der Waals surface area contributed by atoms with Crippen molar-refractivity contribution in [3.63, 3.8) is 0 Å². The van der Waals surface area contributed by atoms with Gasteiger partial charge in [-0.1, -0.05) is 19.0 Å². The van der Waals surface area contributed by atoms with E-state index in [4.69, 9.17) is 4.52 Å². The minimum atomic E-state index is -3.99. The topological polar surface area (TPSA) is 120 Å². The van der Waals surface area contributed by atoms with E-state index < -0.39 is 26.2 Å². The highest BCUT2D eigenvalue weighted by molar-refractivity contribution is 7.89. The van der Waals surface area contributed by atoms with Crippen LogP contribution in [0, 0.1) is 0 Å². The van der Waals surface area contributed by atoms with Crippen LogP contribution in [0.15, 0.2) is 25.2 Å². The highest BCUT2D eigenvalue weighted by Gasteiger charge is 2.34. The summed E-state index contributed by atoms with van der Waals surface area (Å²) >= 11 is 0. The lowest BCUT2D eigenvalue weighted by Gasteiger charge is -2.29. The molecular formula is C16H23N5O5S. The number of aromatic nitrogens is 4. The van der Waals surface area contributed by atoms with Gasteiger partial charge in [0.25, 0.3) is 5.56 Å². The van der Waals surface area contributed by atoms with Gasteiger partial charge in [-0.15, -0.1) is 0 Å². The van der Waals surface area contributed by atoms with Gasteiger partial charge in [0.2, 0.25) is 15.9 Å². The molecule has 0 bridgehead atoms. The summed E-state index contributed by atoms with van der Waals surface area (Å²) in [5.41, 5.74) is -1.39. The van der Waals surface area contributed by atoms with Crippen LogP contribution in [-0.2, 0) is 24.1 Å². The van der Waals surface area contributed by atoms with Crippen molar-refractivity contribution in [1.29, 1.82) is 0 Å². The summed E-state index contributed by atoms with van der Waals surface area (Å²) in [5.74, 6) is 1.30. The van der Waals surface area contributed by atoms with E-state index in [-0.39, 0.29) is 24.9 Å². The van der Waals surface area contributed by atoms with Gasteiger partial charge in [-0.05, 0) is 12.8 Å². The van der Waals surface area contributed by atoms with Gasteiger partial charge in [-0.2, -0.15) is 9.29 Å². The number of hydrogen-bond donors (Lipinski definition) is 0. The Morgan fingerprint density at radius 3 is 2.37 bits per heavy atom. The molecule has 3 heterocycles. The van der Waals surface area contributed by atoms with Crippen LogP contribution in [0.5, 0.6) is 0 Å². The number of rotatable bonds is 4. The molecule has 0 aliphatic carbocycles. The van der Waals surface area contributed by atoms with Crippen molar-refractivity contribution in [2.45, 2.75) is 43.4 Å². The van der Waals surface area contributed by atoms with E-state index in [0.29, 0.717) is 24.6 Å². The largest absolute Gasteiger partial charge is 0.339 e. The molecule has 27 heavy (non-hydrogen) atoms. The standard InChI is InChI=1S/C16H23N5O5S/c1-10(2)13-17-14(26-18-13)11-5-7-21(8-6-11)27(24,25)12-9-19(3)16(23)20(4)15(12)22/h9-11H,5-8H2,1-4H3. The lowest BCUT2D eigenvalue weighted by molar-refractivity contribution is 0.269. The number of sulfonamides is 1. The molecule has 1 aliphatic rings. The van der Waals surface area contributed by atoms with E-state index in [1.807, 2.05) is 13.8 Å². The Hall–Kier alpha value is -2.27. The van der Waals surface area contributed by atoms with Crippen LogP contribution in [0.25, 0.3) is 0 Å². The summed E-state index contributed by atoms with van der Waals surface area (Å²) < 4.78 is 34.3. The molecule has 1 fully saturated rings. The zero-order chi connectivity index (χ0) is 19.9. The smallest absolute Gasteiger partial charge is 0.330 e. The second-order valence-electron chi connectivity index (χ2n) is 7.07. The van der Waals surface area contributed by atoms with E-state index in [9.17, 15) is 18.0 Å². The zero-order valence-corrected chi connectivity index (χ0v) is 16.6. The first kappa shape index (κ1) is 19.5. The fourth-order valence-corrected chi connectivity index (χ4v) is 4.70. The Morgan fingerprint density at radius 2 is 1.81 bits per heavy atom. The molecule has 3 rings (SSSR count). The predicted octanol–water partition coefficient (Wildman–Crippen LogP) is 0.159. The minimum Gasteiger partial charge on any atom is -0.339 e. The summed E-state index contributed by atoms with van der Waals surface area (Å²) in [5, 5.41) is 3.95. The fraction of sp³-hybridized carbons (Fsp3) is 0.625. The summed E-state index contributed by atoms with van der Waals surface area (Å²) in [6.07, 6.45) is 2.12. The lowest BCUT2D eigenvalue weighted by Crippen LogP contribution is -2.44. The molecule has 0 radical (unpaired) electrons. The monoisotopic (exact) mass is 397 g/mol. The van der Waals surface area contributed by atoms with Gasteiger partial charge in [0.05, 0.1) is 0 Å². The van der Waals surface area contributed by atoms with Crippen molar-refractivity contribution in [2.75, 3.05) is 13.1 Å². The van der Waals surface area contributed by atoms with Crippen LogP contribution in [0.1, 0.15) is 50.2 Å². The van der Waals surface area contributed by atoms with Crippen LogP contribution in [-0.4, -0.2) is 45.1 Å². The van der Waals surface area contributed by atoms with Gasteiger partial charge in [-0.3, -0.25) is 9.36 Å². The van der Waals surface area contributed by atoms with Gasteiger partial charge >= 0.3 is 5.69 Å². The maximum absolute atomic E-state index is 12.9. The maximum Gasteiger partial charge on any atom is 0.330 e. The molecule has 0 amide bonds. The summed E-state index contributed by atoms with van der Waals surface area (Å²) in [4.78, 5) is 28.1. The summed E-state index contributed by atoms with van der Waals surface area (Å²) in [6, 6.07) is 0. The van der Waals surface area contributed by atoms with Crippen LogP contribution in [0.2, 0.25) is 0 Å². The Morgan fingerprint density at radius 1 is 1.19 bits per heavy atom. The first-order valence-electron chi connectivity index (χ1n) is 8.73. The Bertz CT molecular complexity index is 1060. The first-order valence-corrected chi connectivity index (χ1v) is 10.2. The van der Waals surface area contributed by atoms with Crippen LogP contribution < -0.4 is 11.2 Å². The molecule has 0 unspecified atom stereocenters. The lowest BCUT2D eigenvalue weighted by atomic mass is 9.98. The van der Waals surface area contributed by atoms with Gasteiger partial charge in [0.15, 0.2) is 10.7 Å². The second kappa shape index (κ2) is 7.04. The molecule has 0 N–H and O–H groups in total. The van der Waals surface area contributed by atoms with E-state index >= 15 is 0 Å². The van der Waals surface area contributed by atoms with Gasteiger partial charge in [0, 0.05) is 45.2 Å². The summed E-state index contributed by atoms with van der Waals surface area (Å²) in [7, 11) is -1.32. The molecule has 2 aromatic heterocycles. The third-order valence-corrected chi connectivity index (χ3v) is 6.69. The Balaban J connectivity index is 1.81. The number of nitrogens with zero attached hydrogens (tertiary/aromatic N) is 5. The van der Waals surface area contributed by atoms with Gasteiger partial charge < -0.3 is 9.09 Å². The number of aryl methyl sites for hydroxylation is 1. The third kappa shape index (κ3) is 3.48.